The fourth-order valence-corrected chi connectivity index (χ4v) is 3.40. The van der Waals surface area contributed by atoms with E-state index in [1.54, 1.807) is 4.57 Å². The van der Waals surface area contributed by atoms with Gasteiger partial charge in [0.15, 0.2) is 12.4 Å². The van der Waals surface area contributed by atoms with E-state index in [0.29, 0.717) is 23.1 Å². The van der Waals surface area contributed by atoms with E-state index in [-0.39, 0.29) is 11.6 Å². The molecule has 2 aromatic rings. The summed E-state index contributed by atoms with van der Waals surface area (Å²) in [4.78, 5) is 17.3. The molecule has 0 fully saturated rings. The standard InChI is InChI=1S/C21H25FN2OS/c1-4-15(5-2)16-11-13-24(14-12-16)19(21(26)23-6-3)20(25)17-7-9-18(22)10-8-17/h7-15,19H,4-6H2,1-3H3/t19-/m1/s1. The second-order valence-corrected chi connectivity index (χ2v) is 6.60. The summed E-state index contributed by atoms with van der Waals surface area (Å²) in [6.07, 6.45) is 5.92. The normalized spacial score (nSPS) is 13.0. The third-order valence-electron chi connectivity index (χ3n) is 4.56. The van der Waals surface area contributed by atoms with Crippen LogP contribution < -0.4 is 4.57 Å². The molecule has 0 saturated heterocycles. The van der Waals surface area contributed by atoms with Crippen LogP contribution in [0.1, 0.15) is 61.5 Å². The van der Waals surface area contributed by atoms with Gasteiger partial charge in [-0.25, -0.2) is 4.39 Å². The van der Waals surface area contributed by atoms with Crippen LogP contribution in [0, 0.1) is 5.82 Å². The van der Waals surface area contributed by atoms with E-state index in [4.69, 9.17) is 12.6 Å². The van der Waals surface area contributed by atoms with Gasteiger partial charge in [0, 0.05) is 24.2 Å². The molecule has 0 radical (unpaired) electrons. The van der Waals surface area contributed by atoms with Crippen LogP contribution >= 0.6 is 0 Å². The van der Waals surface area contributed by atoms with Crippen molar-refractivity contribution in [1.29, 1.82) is 0 Å². The minimum absolute atomic E-state index is 0.188. The quantitative estimate of drug-likeness (QED) is 0.226. The summed E-state index contributed by atoms with van der Waals surface area (Å²) >= 11 is 5.41. The smallest absolute Gasteiger partial charge is 0.237 e. The number of hydrogen-bond acceptors (Lipinski definition) is 3. The molecule has 1 aromatic carbocycles. The van der Waals surface area contributed by atoms with Crippen LogP contribution in [-0.4, -0.2) is 17.4 Å². The van der Waals surface area contributed by atoms with Gasteiger partial charge in [-0.2, -0.15) is 4.57 Å². The molecule has 138 valence electrons. The summed E-state index contributed by atoms with van der Waals surface area (Å²) in [5, 5.41) is 0.335. The maximum atomic E-state index is 13.2. The third kappa shape index (κ3) is 4.73. The van der Waals surface area contributed by atoms with Crippen LogP contribution in [0.5, 0.6) is 0 Å². The fraction of sp³-hybridized carbons (Fsp3) is 0.381. The number of pyridine rings is 1. The number of halogens is 1. The minimum atomic E-state index is -0.703. The summed E-state index contributed by atoms with van der Waals surface area (Å²) in [6.45, 7) is 6.74. The SMILES string of the molecule is CCN=C([S-])[C@@H](C(=O)c1ccc(F)cc1)[n+]1ccc(C(CC)CC)cc1. The highest BCUT2D eigenvalue weighted by Gasteiger charge is 2.28. The van der Waals surface area contributed by atoms with Gasteiger partial charge < -0.3 is 17.6 Å². The summed E-state index contributed by atoms with van der Waals surface area (Å²) in [5.41, 5.74) is 1.67. The van der Waals surface area contributed by atoms with Gasteiger partial charge in [0.2, 0.25) is 11.8 Å². The predicted molar refractivity (Wildman–Crippen MR) is 105 cm³/mol. The summed E-state index contributed by atoms with van der Waals surface area (Å²) in [5.74, 6) is -0.0586. The second kappa shape index (κ2) is 9.53. The minimum Gasteiger partial charge on any atom is -0.758 e. The highest BCUT2D eigenvalue weighted by molar-refractivity contribution is 7.77. The maximum Gasteiger partial charge on any atom is 0.237 e. The van der Waals surface area contributed by atoms with Gasteiger partial charge in [0.25, 0.3) is 0 Å². The lowest BCUT2D eigenvalue weighted by Gasteiger charge is -2.19. The number of aliphatic imine (C=N–C) groups is 1. The van der Waals surface area contributed by atoms with Crippen molar-refractivity contribution in [3.05, 3.63) is 65.7 Å². The van der Waals surface area contributed by atoms with Crippen molar-refractivity contribution in [3.8, 4) is 0 Å². The Kier molecular flexibility index (Phi) is 7.39. The van der Waals surface area contributed by atoms with Crippen molar-refractivity contribution in [2.24, 2.45) is 4.99 Å². The molecule has 2 rings (SSSR count). The largest absolute Gasteiger partial charge is 0.758 e. The highest BCUT2D eigenvalue weighted by atomic mass is 32.1. The molecule has 1 atom stereocenters. The first-order valence-electron chi connectivity index (χ1n) is 9.03. The number of Topliss-reactive ketones (excluding diaryl/α,β-unsaturated/α-hetero) is 1. The molecule has 0 aliphatic carbocycles. The zero-order valence-electron chi connectivity index (χ0n) is 15.5. The molecule has 1 heterocycles. The van der Waals surface area contributed by atoms with Gasteiger partial charge in [-0.1, -0.05) is 13.8 Å². The maximum absolute atomic E-state index is 13.2. The number of benzene rings is 1. The Morgan fingerprint density at radius 2 is 1.65 bits per heavy atom. The van der Waals surface area contributed by atoms with Gasteiger partial charge >= 0.3 is 0 Å². The van der Waals surface area contributed by atoms with Crippen LogP contribution in [0.4, 0.5) is 4.39 Å². The van der Waals surface area contributed by atoms with Crippen LogP contribution in [0.3, 0.4) is 0 Å². The van der Waals surface area contributed by atoms with E-state index in [1.165, 1.54) is 29.8 Å². The molecular weight excluding hydrogens is 347 g/mol. The number of ketones is 1. The van der Waals surface area contributed by atoms with Gasteiger partial charge in [0.1, 0.15) is 5.82 Å². The number of aromatic nitrogens is 1. The predicted octanol–water partition coefficient (Wildman–Crippen LogP) is 4.41. The number of carbonyl (C=O) groups excluding carboxylic acids is 1. The zero-order valence-corrected chi connectivity index (χ0v) is 16.3. The first-order valence-corrected chi connectivity index (χ1v) is 9.44. The highest BCUT2D eigenvalue weighted by Crippen LogP contribution is 2.22. The number of carbonyl (C=O) groups is 1. The molecule has 0 aliphatic rings. The average molecular weight is 373 g/mol. The Balaban J connectivity index is 2.40. The van der Waals surface area contributed by atoms with E-state index in [0.717, 1.165) is 12.8 Å². The first kappa shape index (κ1) is 20.2. The third-order valence-corrected chi connectivity index (χ3v) is 4.91. The molecular formula is C21H25FN2OS. The Bertz CT molecular complexity index is 753. The van der Waals surface area contributed by atoms with E-state index in [9.17, 15) is 9.18 Å². The molecule has 0 unspecified atom stereocenters. The van der Waals surface area contributed by atoms with E-state index in [1.807, 2.05) is 31.5 Å². The second-order valence-electron chi connectivity index (χ2n) is 6.18. The summed E-state index contributed by atoms with van der Waals surface area (Å²) in [6, 6.07) is 8.91. The van der Waals surface area contributed by atoms with Crippen LogP contribution in [-0.2, 0) is 12.6 Å². The van der Waals surface area contributed by atoms with Gasteiger partial charge in [-0.15, -0.1) is 0 Å². The molecule has 0 saturated carbocycles. The molecule has 3 nitrogen and oxygen atoms in total. The van der Waals surface area contributed by atoms with Crippen LogP contribution in [0.15, 0.2) is 53.8 Å². The Morgan fingerprint density at radius 1 is 1.08 bits per heavy atom. The molecule has 26 heavy (non-hydrogen) atoms. The summed E-state index contributed by atoms with van der Waals surface area (Å²) in [7, 11) is 0. The lowest BCUT2D eigenvalue weighted by molar-refractivity contribution is -0.692. The number of nitrogens with zero attached hydrogens (tertiary/aromatic N) is 2. The molecule has 0 bridgehead atoms. The van der Waals surface area contributed by atoms with Crippen molar-refractivity contribution in [1.82, 2.24) is 0 Å². The van der Waals surface area contributed by atoms with Crippen LogP contribution in [0.2, 0.25) is 0 Å². The Labute approximate surface area is 160 Å². The van der Waals surface area contributed by atoms with Crippen molar-refractivity contribution in [3.63, 3.8) is 0 Å². The number of rotatable bonds is 8. The monoisotopic (exact) mass is 372 g/mol. The number of hydrogen-bond donors (Lipinski definition) is 0. The fourth-order valence-electron chi connectivity index (χ4n) is 3.04. The van der Waals surface area contributed by atoms with Crippen molar-refractivity contribution < 1.29 is 13.8 Å². The molecule has 0 amide bonds. The topological polar surface area (TPSA) is 33.3 Å². The van der Waals surface area contributed by atoms with E-state index < -0.39 is 6.04 Å². The lowest BCUT2D eigenvalue weighted by Crippen LogP contribution is -2.47. The van der Waals surface area contributed by atoms with Gasteiger partial charge in [-0.05, 0) is 60.6 Å². The Morgan fingerprint density at radius 3 is 2.15 bits per heavy atom. The van der Waals surface area contributed by atoms with Crippen molar-refractivity contribution in [2.75, 3.05) is 6.54 Å². The van der Waals surface area contributed by atoms with Gasteiger partial charge in [-0.3, -0.25) is 4.79 Å². The van der Waals surface area contributed by atoms with Crippen LogP contribution in [0.25, 0.3) is 0 Å². The summed E-state index contributed by atoms with van der Waals surface area (Å²) < 4.78 is 15.0. The lowest BCUT2D eigenvalue weighted by atomic mass is 9.95. The molecule has 0 spiro atoms. The van der Waals surface area contributed by atoms with E-state index >= 15 is 0 Å². The molecule has 0 N–H and O–H groups in total. The van der Waals surface area contributed by atoms with Crippen molar-refractivity contribution in [2.45, 2.75) is 45.6 Å². The molecule has 0 aliphatic heterocycles. The van der Waals surface area contributed by atoms with Crippen molar-refractivity contribution >= 4 is 23.5 Å². The molecule has 1 aromatic heterocycles. The average Bonchev–Trinajstić information content (AvgIpc) is 2.65. The zero-order chi connectivity index (χ0) is 19.1. The van der Waals surface area contributed by atoms with Gasteiger partial charge in [0.05, 0.1) is 0 Å². The molecule has 5 heteroatoms. The first-order chi connectivity index (χ1) is 12.5. The Hall–Kier alpha value is -2.14. The van der Waals surface area contributed by atoms with E-state index in [2.05, 4.69) is 18.8 Å².